The number of pyridine rings is 1. The standard InChI is InChI=1S/C12H17N3/c1-6-9-7-8-14-11(10(9)13-5)15-12(2,3)4/h6-8H,1,5H2,2-4H3,(H,14,15). The molecular weight excluding hydrogens is 186 g/mol. The molecule has 0 radical (unpaired) electrons. The lowest BCUT2D eigenvalue weighted by Crippen LogP contribution is -2.26. The van der Waals surface area contributed by atoms with Crippen molar-refractivity contribution in [3.05, 3.63) is 24.4 Å². The normalized spacial score (nSPS) is 10.9. The van der Waals surface area contributed by atoms with Gasteiger partial charge in [-0.2, -0.15) is 0 Å². The zero-order valence-electron chi connectivity index (χ0n) is 9.54. The van der Waals surface area contributed by atoms with Crippen molar-refractivity contribution in [2.75, 3.05) is 5.32 Å². The van der Waals surface area contributed by atoms with Gasteiger partial charge in [-0.3, -0.25) is 4.99 Å². The Hall–Kier alpha value is -1.64. The van der Waals surface area contributed by atoms with E-state index in [-0.39, 0.29) is 5.54 Å². The minimum absolute atomic E-state index is 0.0494. The maximum Gasteiger partial charge on any atom is 0.152 e. The summed E-state index contributed by atoms with van der Waals surface area (Å²) < 4.78 is 0. The molecule has 0 amide bonds. The number of aromatic nitrogens is 1. The van der Waals surface area contributed by atoms with Gasteiger partial charge in [0.2, 0.25) is 0 Å². The third kappa shape index (κ3) is 2.91. The molecule has 0 atom stereocenters. The predicted octanol–water partition coefficient (Wildman–Crippen LogP) is 3.27. The summed E-state index contributed by atoms with van der Waals surface area (Å²) in [6, 6.07) is 1.87. The molecule has 0 aliphatic rings. The molecule has 1 N–H and O–H groups in total. The van der Waals surface area contributed by atoms with Gasteiger partial charge in [-0.05, 0) is 33.6 Å². The van der Waals surface area contributed by atoms with E-state index in [1.165, 1.54) is 0 Å². The van der Waals surface area contributed by atoms with Gasteiger partial charge in [-0.25, -0.2) is 4.98 Å². The minimum Gasteiger partial charge on any atom is -0.364 e. The van der Waals surface area contributed by atoms with Crippen LogP contribution in [0.5, 0.6) is 0 Å². The summed E-state index contributed by atoms with van der Waals surface area (Å²) >= 11 is 0. The van der Waals surface area contributed by atoms with Crippen LogP contribution in [0.3, 0.4) is 0 Å². The molecule has 1 rings (SSSR count). The Morgan fingerprint density at radius 1 is 1.47 bits per heavy atom. The average Bonchev–Trinajstić information content (AvgIpc) is 2.15. The van der Waals surface area contributed by atoms with Crippen LogP contribution in [0.1, 0.15) is 26.3 Å². The van der Waals surface area contributed by atoms with Crippen LogP contribution in [0.4, 0.5) is 11.5 Å². The number of rotatable bonds is 3. The van der Waals surface area contributed by atoms with Gasteiger partial charge < -0.3 is 5.32 Å². The first kappa shape index (κ1) is 11.4. The van der Waals surface area contributed by atoms with Crippen LogP contribution in [0.2, 0.25) is 0 Å². The lowest BCUT2D eigenvalue weighted by Gasteiger charge is -2.22. The number of hydrogen-bond donors (Lipinski definition) is 1. The van der Waals surface area contributed by atoms with Crippen LogP contribution in [0.15, 0.2) is 23.8 Å². The minimum atomic E-state index is -0.0494. The number of nitrogens with zero attached hydrogens (tertiary/aromatic N) is 2. The Balaban J connectivity index is 3.17. The van der Waals surface area contributed by atoms with E-state index < -0.39 is 0 Å². The van der Waals surface area contributed by atoms with Gasteiger partial charge >= 0.3 is 0 Å². The molecule has 1 aromatic heterocycles. The van der Waals surface area contributed by atoms with E-state index in [0.717, 1.165) is 17.1 Å². The second-order valence-electron chi connectivity index (χ2n) is 4.33. The van der Waals surface area contributed by atoms with Gasteiger partial charge in [-0.1, -0.05) is 12.7 Å². The highest BCUT2D eigenvalue weighted by atomic mass is 15.1. The molecule has 0 fully saturated rings. The van der Waals surface area contributed by atoms with Crippen molar-refractivity contribution in [3.63, 3.8) is 0 Å². The van der Waals surface area contributed by atoms with Crippen LogP contribution in [-0.4, -0.2) is 17.2 Å². The predicted molar refractivity (Wildman–Crippen MR) is 66.9 cm³/mol. The summed E-state index contributed by atoms with van der Waals surface area (Å²) in [5.74, 6) is 0.745. The van der Waals surface area contributed by atoms with Crippen LogP contribution in [0.25, 0.3) is 6.08 Å². The summed E-state index contributed by atoms with van der Waals surface area (Å²) in [6.07, 6.45) is 3.49. The van der Waals surface area contributed by atoms with Crippen molar-refractivity contribution in [3.8, 4) is 0 Å². The Morgan fingerprint density at radius 3 is 2.60 bits per heavy atom. The molecule has 3 nitrogen and oxygen atoms in total. The van der Waals surface area contributed by atoms with Gasteiger partial charge in [0.1, 0.15) is 5.69 Å². The largest absolute Gasteiger partial charge is 0.364 e. The fraction of sp³-hybridized carbons (Fsp3) is 0.333. The van der Waals surface area contributed by atoms with Crippen LogP contribution >= 0.6 is 0 Å². The number of nitrogens with one attached hydrogen (secondary N) is 1. The maximum atomic E-state index is 4.25. The zero-order valence-corrected chi connectivity index (χ0v) is 9.54. The second-order valence-corrected chi connectivity index (χ2v) is 4.33. The van der Waals surface area contributed by atoms with Crippen molar-refractivity contribution in [2.45, 2.75) is 26.3 Å². The Bertz CT molecular complexity index is 375. The van der Waals surface area contributed by atoms with E-state index in [4.69, 9.17) is 0 Å². The third-order valence-corrected chi connectivity index (χ3v) is 1.83. The van der Waals surface area contributed by atoms with E-state index >= 15 is 0 Å². The fourth-order valence-electron chi connectivity index (χ4n) is 1.25. The van der Waals surface area contributed by atoms with Gasteiger partial charge in [0, 0.05) is 17.3 Å². The summed E-state index contributed by atoms with van der Waals surface area (Å²) in [4.78, 5) is 8.23. The fourth-order valence-corrected chi connectivity index (χ4v) is 1.25. The Labute approximate surface area is 91.0 Å². The molecule has 1 heterocycles. The highest BCUT2D eigenvalue weighted by molar-refractivity contribution is 5.75. The molecule has 0 aliphatic heterocycles. The molecule has 0 bridgehead atoms. The molecule has 15 heavy (non-hydrogen) atoms. The van der Waals surface area contributed by atoms with Crippen molar-refractivity contribution in [1.82, 2.24) is 4.98 Å². The van der Waals surface area contributed by atoms with E-state index in [9.17, 15) is 0 Å². The van der Waals surface area contributed by atoms with Gasteiger partial charge in [0.25, 0.3) is 0 Å². The number of anilines is 1. The van der Waals surface area contributed by atoms with Crippen molar-refractivity contribution in [1.29, 1.82) is 0 Å². The van der Waals surface area contributed by atoms with Crippen molar-refractivity contribution in [2.24, 2.45) is 4.99 Å². The van der Waals surface area contributed by atoms with E-state index in [2.05, 4.69) is 49.4 Å². The average molecular weight is 203 g/mol. The first-order valence-electron chi connectivity index (χ1n) is 4.84. The van der Waals surface area contributed by atoms with Crippen molar-refractivity contribution < 1.29 is 0 Å². The molecule has 0 aromatic carbocycles. The zero-order chi connectivity index (χ0) is 11.5. The molecule has 3 heteroatoms. The van der Waals surface area contributed by atoms with Crippen LogP contribution < -0.4 is 5.32 Å². The quantitative estimate of drug-likeness (QED) is 0.765. The van der Waals surface area contributed by atoms with E-state index in [1.54, 1.807) is 12.3 Å². The molecular formula is C12H17N3. The van der Waals surface area contributed by atoms with Crippen molar-refractivity contribution >= 4 is 24.3 Å². The Kier molecular flexibility index (Phi) is 3.24. The van der Waals surface area contributed by atoms with Crippen LogP contribution in [0, 0.1) is 0 Å². The summed E-state index contributed by atoms with van der Waals surface area (Å²) in [6.45, 7) is 13.5. The first-order chi connectivity index (χ1) is 6.98. The highest BCUT2D eigenvalue weighted by Crippen LogP contribution is 2.29. The Morgan fingerprint density at radius 2 is 2.13 bits per heavy atom. The molecule has 0 unspecified atom stereocenters. The lowest BCUT2D eigenvalue weighted by atomic mass is 10.1. The maximum absolute atomic E-state index is 4.25. The van der Waals surface area contributed by atoms with Crippen LogP contribution in [-0.2, 0) is 0 Å². The summed E-state index contributed by atoms with van der Waals surface area (Å²) in [5.41, 5.74) is 1.64. The first-order valence-corrected chi connectivity index (χ1v) is 4.84. The van der Waals surface area contributed by atoms with Gasteiger partial charge in [0.05, 0.1) is 0 Å². The van der Waals surface area contributed by atoms with Gasteiger partial charge in [0.15, 0.2) is 5.82 Å². The topological polar surface area (TPSA) is 37.3 Å². The smallest absolute Gasteiger partial charge is 0.152 e. The molecule has 1 aromatic rings. The molecule has 0 saturated carbocycles. The molecule has 0 spiro atoms. The van der Waals surface area contributed by atoms with E-state index in [1.807, 2.05) is 6.07 Å². The highest BCUT2D eigenvalue weighted by Gasteiger charge is 2.14. The number of aliphatic imine (C=N–C) groups is 1. The SMILES string of the molecule is C=Cc1ccnc(NC(C)(C)C)c1N=C. The lowest BCUT2D eigenvalue weighted by molar-refractivity contribution is 0.630. The second kappa shape index (κ2) is 4.26. The van der Waals surface area contributed by atoms with E-state index in [0.29, 0.717) is 0 Å². The summed E-state index contributed by atoms with van der Waals surface area (Å²) in [5, 5.41) is 3.28. The summed E-state index contributed by atoms with van der Waals surface area (Å²) in [7, 11) is 0. The number of hydrogen-bond acceptors (Lipinski definition) is 3. The van der Waals surface area contributed by atoms with Gasteiger partial charge in [-0.15, -0.1) is 0 Å². The molecule has 0 aliphatic carbocycles. The molecule has 80 valence electrons. The third-order valence-electron chi connectivity index (χ3n) is 1.83. The molecule has 0 saturated heterocycles. The monoisotopic (exact) mass is 203 g/mol.